The fraction of sp³-hybridized carbons (Fsp3) is 0.353. The zero-order valence-corrected chi connectivity index (χ0v) is 15.4. The summed E-state index contributed by atoms with van der Waals surface area (Å²) < 4.78 is 33.7. The Morgan fingerprint density at radius 3 is 2.78 bits per heavy atom. The molecule has 1 unspecified atom stereocenters. The van der Waals surface area contributed by atoms with Crippen LogP contribution in [0.3, 0.4) is 0 Å². The predicted molar refractivity (Wildman–Crippen MR) is 97.1 cm³/mol. The zero-order valence-electron chi connectivity index (χ0n) is 14.6. The van der Waals surface area contributed by atoms with Crippen molar-refractivity contribution >= 4 is 27.4 Å². The lowest BCUT2D eigenvalue weighted by Gasteiger charge is -2.12. The summed E-state index contributed by atoms with van der Waals surface area (Å²) in [5.74, 6) is 1.18. The number of hydrogen-bond acceptors (Lipinski definition) is 8. The molecule has 2 aliphatic rings. The molecule has 1 atom stereocenters. The molecule has 0 aliphatic carbocycles. The molecule has 0 spiro atoms. The average molecular weight is 390 g/mol. The van der Waals surface area contributed by atoms with E-state index in [9.17, 15) is 13.2 Å². The third-order valence-corrected chi connectivity index (χ3v) is 6.05. The lowest BCUT2D eigenvalue weighted by Crippen LogP contribution is -2.36. The lowest BCUT2D eigenvalue weighted by atomic mass is 10.2. The molecular formula is C17H18N4O5S. The SMILES string of the molecule is Cc1cc(C(=O)NC2CCS(=O)(=O)C2)nc(Nc2ccc3c(c2)OCO3)n1. The summed E-state index contributed by atoms with van der Waals surface area (Å²) in [6, 6.07) is 6.50. The number of anilines is 2. The van der Waals surface area contributed by atoms with Gasteiger partial charge in [0.15, 0.2) is 21.3 Å². The number of sulfone groups is 1. The minimum absolute atomic E-state index is 0.0366. The Labute approximate surface area is 156 Å². The molecule has 9 nitrogen and oxygen atoms in total. The molecule has 0 bridgehead atoms. The molecule has 2 aromatic rings. The zero-order chi connectivity index (χ0) is 19.0. The number of hydrogen-bond donors (Lipinski definition) is 2. The van der Waals surface area contributed by atoms with Crippen LogP contribution in [0.15, 0.2) is 24.3 Å². The number of carbonyl (C=O) groups is 1. The van der Waals surface area contributed by atoms with Crippen molar-refractivity contribution in [2.24, 2.45) is 0 Å². The van der Waals surface area contributed by atoms with Crippen molar-refractivity contribution in [1.29, 1.82) is 0 Å². The molecule has 1 saturated heterocycles. The third kappa shape index (κ3) is 3.95. The van der Waals surface area contributed by atoms with E-state index in [0.717, 1.165) is 0 Å². The fourth-order valence-electron chi connectivity index (χ4n) is 3.01. The van der Waals surface area contributed by atoms with Crippen LogP contribution in [0.2, 0.25) is 0 Å². The molecule has 0 radical (unpaired) electrons. The monoisotopic (exact) mass is 390 g/mol. The first-order valence-electron chi connectivity index (χ1n) is 8.42. The maximum Gasteiger partial charge on any atom is 0.270 e. The van der Waals surface area contributed by atoms with Crippen molar-refractivity contribution in [2.75, 3.05) is 23.6 Å². The van der Waals surface area contributed by atoms with Gasteiger partial charge in [0.25, 0.3) is 5.91 Å². The van der Waals surface area contributed by atoms with Crippen LogP contribution in [0.1, 0.15) is 22.6 Å². The van der Waals surface area contributed by atoms with Crippen LogP contribution in [-0.2, 0) is 9.84 Å². The molecule has 1 fully saturated rings. The van der Waals surface area contributed by atoms with Gasteiger partial charge in [-0.05, 0) is 31.5 Å². The minimum Gasteiger partial charge on any atom is -0.454 e. The molecule has 1 aromatic heterocycles. The number of aryl methyl sites for hydroxylation is 1. The van der Waals surface area contributed by atoms with E-state index in [2.05, 4.69) is 20.6 Å². The maximum absolute atomic E-state index is 12.5. The van der Waals surface area contributed by atoms with Gasteiger partial charge in [-0.15, -0.1) is 0 Å². The van der Waals surface area contributed by atoms with E-state index in [0.29, 0.717) is 29.3 Å². The standard InChI is InChI=1S/C17H18N4O5S/c1-10-6-13(16(22)19-12-4-5-27(23,24)8-12)21-17(18-10)20-11-2-3-14-15(7-11)26-9-25-14/h2-3,6-7,12H,4-5,8-9H2,1H3,(H,19,22)(H,18,20,21). The highest BCUT2D eigenvalue weighted by Gasteiger charge is 2.29. The Balaban J connectivity index is 1.50. The quantitative estimate of drug-likeness (QED) is 0.798. The van der Waals surface area contributed by atoms with Crippen LogP contribution in [0.25, 0.3) is 0 Å². The molecule has 0 saturated carbocycles. The maximum atomic E-state index is 12.5. The number of carbonyl (C=O) groups excluding carboxylic acids is 1. The fourth-order valence-corrected chi connectivity index (χ4v) is 4.69. The molecule has 4 rings (SSSR count). The first-order chi connectivity index (χ1) is 12.9. The van der Waals surface area contributed by atoms with Gasteiger partial charge < -0.3 is 20.1 Å². The second-order valence-corrected chi connectivity index (χ2v) is 8.71. The number of ether oxygens (including phenoxy) is 2. The number of rotatable bonds is 4. The Kier molecular flexibility index (Phi) is 4.34. The first-order valence-corrected chi connectivity index (χ1v) is 10.2. The van der Waals surface area contributed by atoms with Crippen molar-refractivity contribution < 1.29 is 22.7 Å². The van der Waals surface area contributed by atoms with Gasteiger partial charge in [-0.1, -0.05) is 0 Å². The van der Waals surface area contributed by atoms with Crippen molar-refractivity contribution in [1.82, 2.24) is 15.3 Å². The van der Waals surface area contributed by atoms with E-state index >= 15 is 0 Å². The lowest BCUT2D eigenvalue weighted by molar-refractivity contribution is 0.0936. The van der Waals surface area contributed by atoms with Crippen LogP contribution in [0, 0.1) is 6.92 Å². The second-order valence-electron chi connectivity index (χ2n) is 6.48. The molecule has 2 aliphatic heterocycles. The molecule has 1 amide bonds. The average Bonchev–Trinajstić information content (AvgIpc) is 3.19. The van der Waals surface area contributed by atoms with Crippen LogP contribution in [-0.4, -0.2) is 48.6 Å². The molecular weight excluding hydrogens is 372 g/mol. The van der Waals surface area contributed by atoms with E-state index in [1.165, 1.54) is 0 Å². The Bertz CT molecular complexity index is 1010. The van der Waals surface area contributed by atoms with Crippen molar-refractivity contribution in [3.05, 3.63) is 35.7 Å². The molecule has 2 N–H and O–H groups in total. The highest BCUT2D eigenvalue weighted by atomic mass is 32.2. The minimum atomic E-state index is -3.07. The van der Waals surface area contributed by atoms with E-state index < -0.39 is 15.7 Å². The Hall–Kier alpha value is -2.88. The number of fused-ring (bicyclic) bond motifs is 1. The summed E-state index contributed by atoms with van der Waals surface area (Å²) in [6.07, 6.45) is 0.417. The summed E-state index contributed by atoms with van der Waals surface area (Å²) in [5, 5.41) is 5.77. The van der Waals surface area contributed by atoms with E-state index in [-0.39, 0.29) is 36.0 Å². The Morgan fingerprint density at radius 2 is 2.00 bits per heavy atom. The molecule has 142 valence electrons. The summed E-state index contributed by atoms with van der Waals surface area (Å²) in [5.41, 5.74) is 1.48. The van der Waals surface area contributed by atoms with Gasteiger partial charge in [0.05, 0.1) is 11.5 Å². The van der Waals surface area contributed by atoms with Crippen molar-refractivity contribution in [2.45, 2.75) is 19.4 Å². The summed E-state index contributed by atoms with van der Waals surface area (Å²) in [6.45, 7) is 1.93. The van der Waals surface area contributed by atoms with Gasteiger partial charge in [-0.3, -0.25) is 4.79 Å². The largest absolute Gasteiger partial charge is 0.454 e. The topological polar surface area (TPSA) is 120 Å². The van der Waals surface area contributed by atoms with Gasteiger partial charge >= 0.3 is 0 Å². The van der Waals surface area contributed by atoms with Crippen LogP contribution in [0.5, 0.6) is 11.5 Å². The number of nitrogens with zero attached hydrogens (tertiary/aromatic N) is 2. The van der Waals surface area contributed by atoms with Crippen molar-refractivity contribution in [3.63, 3.8) is 0 Å². The molecule has 3 heterocycles. The predicted octanol–water partition coefficient (Wildman–Crippen LogP) is 1.17. The molecule has 27 heavy (non-hydrogen) atoms. The number of nitrogens with one attached hydrogen (secondary N) is 2. The molecule has 10 heteroatoms. The van der Waals surface area contributed by atoms with E-state index in [1.54, 1.807) is 31.2 Å². The van der Waals surface area contributed by atoms with E-state index in [1.807, 2.05) is 0 Å². The van der Waals surface area contributed by atoms with Crippen LogP contribution >= 0.6 is 0 Å². The number of amides is 1. The van der Waals surface area contributed by atoms with Gasteiger partial charge in [0.2, 0.25) is 12.7 Å². The highest BCUT2D eigenvalue weighted by molar-refractivity contribution is 7.91. The summed E-state index contributed by atoms with van der Waals surface area (Å²) >= 11 is 0. The summed E-state index contributed by atoms with van der Waals surface area (Å²) in [4.78, 5) is 21.0. The van der Waals surface area contributed by atoms with Gasteiger partial charge in [0.1, 0.15) is 5.69 Å². The number of aromatic nitrogens is 2. The van der Waals surface area contributed by atoms with Crippen molar-refractivity contribution in [3.8, 4) is 11.5 Å². The normalized spacial score (nSPS) is 19.7. The molecule has 1 aromatic carbocycles. The van der Waals surface area contributed by atoms with Gasteiger partial charge in [0, 0.05) is 23.5 Å². The Morgan fingerprint density at radius 1 is 1.19 bits per heavy atom. The first kappa shape index (κ1) is 17.5. The van der Waals surface area contributed by atoms with Crippen LogP contribution in [0.4, 0.5) is 11.6 Å². The van der Waals surface area contributed by atoms with E-state index in [4.69, 9.17) is 9.47 Å². The van der Waals surface area contributed by atoms with Crippen LogP contribution < -0.4 is 20.1 Å². The number of benzene rings is 1. The third-order valence-electron chi connectivity index (χ3n) is 4.28. The summed E-state index contributed by atoms with van der Waals surface area (Å²) in [7, 11) is -3.07. The second kappa shape index (κ2) is 6.69. The highest BCUT2D eigenvalue weighted by Crippen LogP contribution is 2.34. The smallest absolute Gasteiger partial charge is 0.270 e. The van der Waals surface area contributed by atoms with Gasteiger partial charge in [-0.25, -0.2) is 18.4 Å². The van der Waals surface area contributed by atoms with Gasteiger partial charge in [-0.2, -0.15) is 0 Å².